The monoisotopic (exact) mass is 473 g/mol. The van der Waals surface area contributed by atoms with Gasteiger partial charge in [0.05, 0.1) is 0 Å². The van der Waals surface area contributed by atoms with Crippen LogP contribution in [0.15, 0.2) is 116 Å². The van der Waals surface area contributed by atoms with Gasteiger partial charge in [0, 0.05) is 49.0 Å². The van der Waals surface area contributed by atoms with Crippen molar-refractivity contribution in [3.63, 3.8) is 0 Å². The topological polar surface area (TPSA) is 46.9 Å². The van der Waals surface area contributed by atoms with Crippen molar-refractivity contribution >= 4 is 16.8 Å². The van der Waals surface area contributed by atoms with Crippen LogP contribution in [0, 0.1) is 0 Å². The maximum absolute atomic E-state index is 13.1. The van der Waals surface area contributed by atoms with Crippen LogP contribution in [0.5, 0.6) is 0 Å². The lowest BCUT2D eigenvalue weighted by Gasteiger charge is -2.17. The number of fused-ring (bicyclic) bond motifs is 1. The Morgan fingerprint density at radius 3 is 2.19 bits per heavy atom. The van der Waals surface area contributed by atoms with Gasteiger partial charge in [-0.3, -0.25) is 9.78 Å². The predicted octanol–water partition coefficient (Wildman–Crippen LogP) is 6.51. The largest absolute Gasteiger partial charge is 0.352 e. The van der Waals surface area contributed by atoms with Gasteiger partial charge in [0.2, 0.25) is 5.91 Å². The van der Waals surface area contributed by atoms with Gasteiger partial charge in [0.25, 0.3) is 0 Å². The summed E-state index contributed by atoms with van der Waals surface area (Å²) in [4.78, 5) is 17.2. The van der Waals surface area contributed by atoms with Crippen molar-refractivity contribution in [2.75, 3.05) is 0 Å². The number of hydrogen-bond donors (Lipinski definition) is 1. The number of benzene rings is 3. The second-order valence-corrected chi connectivity index (χ2v) is 9.27. The summed E-state index contributed by atoms with van der Waals surface area (Å²) in [6, 6.07) is 33.5. The zero-order valence-corrected chi connectivity index (χ0v) is 20.4. The quantitative estimate of drug-likeness (QED) is 0.251. The fourth-order valence-corrected chi connectivity index (χ4v) is 4.86. The molecule has 0 saturated heterocycles. The fraction of sp³-hybridized carbons (Fsp3) is 0.188. The first-order chi connectivity index (χ1) is 17.8. The van der Waals surface area contributed by atoms with Gasteiger partial charge in [-0.2, -0.15) is 0 Å². The summed E-state index contributed by atoms with van der Waals surface area (Å²) in [6.45, 7) is 1.32. The molecule has 2 aromatic heterocycles. The highest BCUT2D eigenvalue weighted by atomic mass is 16.1. The molecule has 36 heavy (non-hydrogen) atoms. The molecule has 0 aliphatic rings. The number of carbonyl (C=O) groups is 1. The highest BCUT2D eigenvalue weighted by molar-refractivity contribution is 5.86. The van der Waals surface area contributed by atoms with Crippen LogP contribution >= 0.6 is 0 Å². The summed E-state index contributed by atoms with van der Waals surface area (Å²) in [7, 11) is 0. The molecule has 1 N–H and O–H groups in total. The Hall–Kier alpha value is -4.18. The summed E-state index contributed by atoms with van der Waals surface area (Å²) >= 11 is 0. The van der Waals surface area contributed by atoms with Crippen LogP contribution in [0.1, 0.15) is 41.0 Å². The van der Waals surface area contributed by atoms with Gasteiger partial charge in [-0.05, 0) is 59.2 Å². The van der Waals surface area contributed by atoms with E-state index < -0.39 is 0 Å². The Balaban J connectivity index is 1.41. The summed E-state index contributed by atoms with van der Waals surface area (Å²) < 4.78 is 2.32. The van der Waals surface area contributed by atoms with E-state index in [1.807, 2.05) is 24.3 Å². The fourth-order valence-electron chi connectivity index (χ4n) is 4.86. The SMILES string of the molecule is O=C(C[C@H](CCc1ccccc1)c1cn(Cc2ccccc2)c2ccccc12)NCc1ccncc1. The van der Waals surface area contributed by atoms with Crippen LogP contribution < -0.4 is 5.32 Å². The molecule has 0 spiro atoms. The van der Waals surface area contributed by atoms with E-state index in [0.717, 1.165) is 24.9 Å². The number of amides is 1. The molecular formula is C32H31N3O. The minimum Gasteiger partial charge on any atom is -0.352 e. The lowest BCUT2D eigenvalue weighted by Crippen LogP contribution is -2.24. The first-order valence-electron chi connectivity index (χ1n) is 12.6. The van der Waals surface area contributed by atoms with E-state index in [2.05, 4.69) is 93.9 Å². The van der Waals surface area contributed by atoms with Crippen molar-refractivity contribution in [2.24, 2.45) is 0 Å². The smallest absolute Gasteiger partial charge is 0.220 e. The summed E-state index contributed by atoms with van der Waals surface area (Å²) in [6.07, 6.45) is 8.07. The van der Waals surface area contributed by atoms with E-state index in [1.54, 1.807) is 12.4 Å². The maximum atomic E-state index is 13.1. The van der Waals surface area contributed by atoms with Crippen LogP contribution in [0.3, 0.4) is 0 Å². The molecule has 0 unspecified atom stereocenters. The number of hydrogen-bond acceptors (Lipinski definition) is 2. The molecule has 5 aromatic rings. The number of nitrogens with zero attached hydrogens (tertiary/aromatic N) is 2. The average molecular weight is 474 g/mol. The molecule has 0 saturated carbocycles. The van der Waals surface area contributed by atoms with Crippen LogP contribution in [0.25, 0.3) is 10.9 Å². The highest BCUT2D eigenvalue weighted by Crippen LogP contribution is 2.33. The number of para-hydroxylation sites is 1. The van der Waals surface area contributed by atoms with Crippen molar-refractivity contribution < 1.29 is 4.79 Å². The lowest BCUT2D eigenvalue weighted by atomic mass is 9.89. The molecule has 0 radical (unpaired) electrons. The normalized spacial score (nSPS) is 11.9. The van der Waals surface area contributed by atoms with Crippen molar-refractivity contribution in [2.45, 2.75) is 38.3 Å². The first kappa shape index (κ1) is 23.6. The molecule has 5 rings (SSSR count). The first-order valence-corrected chi connectivity index (χ1v) is 12.6. The Morgan fingerprint density at radius 1 is 0.778 bits per heavy atom. The van der Waals surface area contributed by atoms with Gasteiger partial charge in [-0.1, -0.05) is 78.9 Å². The zero-order valence-electron chi connectivity index (χ0n) is 20.4. The van der Waals surface area contributed by atoms with E-state index in [1.165, 1.54) is 27.6 Å². The number of pyridine rings is 1. The van der Waals surface area contributed by atoms with Crippen molar-refractivity contribution in [1.29, 1.82) is 0 Å². The van der Waals surface area contributed by atoms with Crippen LogP contribution in [-0.2, 0) is 24.3 Å². The molecular weight excluding hydrogens is 442 g/mol. The number of carbonyl (C=O) groups excluding carboxylic acids is 1. The Kier molecular flexibility index (Phi) is 7.52. The molecule has 1 amide bonds. The third kappa shape index (κ3) is 5.89. The van der Waals surface area contributed by atoms with Gasteiger partial charge < -0.3 is 9.88 Å². The molecule has 1 atom stereocenters. The summed E-state index contributed by atoms with van der Waals surface area (Å²) in [5.41, 5.74) is 6.07. The third-order valence-corrected chi connectivity index (χ3v) is 6.75. The van der Waals surface area contributed by atoms with Gasteiger partial charge >= 0.3 is 0 Å². The minimum absolute atomic E-state index is 0.0739. The van der Waals surface area contributed by atoms with Crippen molar-refractivity contribution in [1.82, 2.24) is 14.9 Å². The van der Waals surface area contributed by atoms with Crippen LogP contribution in [0.4, 0.5) is 0 Å². The standard InChI is InChI=1S/C32H31N3O/c36-32(34-22-26-17-19-33-20-18-26)21-28(16-15-25-9-3-1-4-10-25)30-24-35(23-27-11-5-2-6-12-27)31-14-8-7-13-29(30)31/h1-14,17-20,24,28H,15-16,21-23H2,(H,34,36)/t28-/m0/s1. The van der Waals surface area contributed by atoms with E-state index in [0.29, 0.717) is 13.0 Å². The Bertz CT molecular complexity index is 1400. The van der Waals surface area contributed by atoms with Gasteiger partial charge in [-0.15, -0.1) is 0 Å². The number of aromatic nitrogens is 2. The van der Waals surface area contributed by atoms with Crippen molar-refractivity contribution in [3.05, 3.63) is 138 Å². The third-order valence-electron chi connectivity index (χ3n) is 6.75. The van der Waals surface area contributed by atoms with E-state index >= 15 is 0 Å². The highest BCUT2D eigenvalue weighted by Gasteiger charge is 2.21. The summed E-state index contributed by atoms with van der Waals surface area (Å²) in [5.74, 6) is 0.189. The van der Waals surface area contributed by atoms with Gasteiger partial charge in [0.15, 0.2) is 0 Å². The number of aryl methyl sites for hydroxylation is 1. The summed E-state index contributed by atoms with van der Waals surface area (Å²) in [5, 5.41) is 4.35. The van der Waals surface area contributed by atoms with Gasteiger partial charge in [-0.25, -0.2) is 0 Å². The average Bonchev–Trinajstić information content (AvgIpc) is 3.30. The molecule has 0 aliphatic heterocycles. The van der Waals surface area contributed by atoms with Crippen LogP contribution in [-0.4, -0.2) is 15.5 Å². The van der Waals surface area contributed by atoms with Gasteiger partial charge in [0.1, 0.15) is 0 Å². The lowest BCUT2D eigenvalue weighted by molar-refractivity contribution is -0.121. The molecule has 0 bridgehead atoms. The van der Waals surface area contributed by atoms with E-state index in [-0.39, 0.29) is 11.8 Å². The Labute approximate surface area is 212 Å². The molecule has 4 heteroatoms. The second-order valence-electron chi connectivity index (χ2n) is 9.27. The molecule has 2 heterocycles. The molecule has 0 aliphatic carbocycles. The minimum atomic E-state index is 0.0739. The predicted molar refractivity (Wildman–Crippen MR) is 146 cm³/mol. The second kappa shape index (κ2) is 11.5. The molecule has 3 aromatic carbocycles. The van der Waals surface area contributed by atoms with Crippen molar-refractivity contribution in [3.8, 4) is 0 Å². The molecule has 0 fully saturated rings. The maximum Gasteiger partial charge on any atom is 0.220 e. The van der Waals surface area contributed by atoms with E-state index in [4.69, 9.17) is 0 Å². The molecule has 4 nitrogen and oxygen atoms in total. The number of rotatable bonds is 10. The molecule has 180 valence electrons. The van der Waals surface area contributed by atoms with Crippen LogP contribution in [0.2, 0.25) is 0 Å². The Morgan fingerprint density at radius 2 is 1.44 bits per heavy atom. The number of nitrogens with one attached hydrogen (secondary N) is 1. The van der Waals surface area contributed by atoms with E-state index in [9.17, 15) is 4.79 Å². The zero-order chi connectivity index (χ0) is 24.6.